The minimum absolute atomic E-state index is 0.591. The van der Waals surface area contributed by atoms with Crippen molar-refractivity contribution in [1.29, 1.82) is 0 Å². The molecule has 2 rings (SSSR count). The van der Waals surface area contributed by atoms with Crippen LogP contribution in [0.5, 0.6) is 0 Å². The average molecular weight is 160 g/mol. The third-order valence-corrected chi connectivity index (χ3v) is 1.88. The predicted octanol–water partition coefficient (Wildman–Crippen LogP) is 1.46. The van der Waals surface area contributed by atoms with E-state index < -0.39 is 0 Å². The first kappa shape index (κ1) is 7.03. The van der Waals surface area contributed by atoms with Crippen molar-refractivity contribution < 1.29 is 4.79 Å². The van der Waals surface area contributed by atoms with Crippen LogP contribution < -0.4 is 0 Å². The zero-order valence-electron chi connectivity index (χ0n) is 6.69. The van der Waals surface area contributed by atoms with Gasteiger partial charge in [-0.15, -0.1) is 0 Å². The molecule has 0 saturated heterocycles. The molecular formula is C9H8N2O. The van der Waals surface area contributed by atoms with Gasteiger partial charge in [0.15, 0.2) is 6.29 Å². The highest BCUT2D eigenvalue weighted by atomic mass is 16.1. The summed E-state index contributed by atoms with van der Waals surface area (Å²) in [6.07, 6.45) is 4.22. The number of aryl methyl sites for hydroxylation is 1. The largest absolute Gasteiger partial charge is 0.297 e. The van der Waals surface area contributed by atoms with Crippen molar-refractivity contribution in [1.82, 2.24) is 9.38 Å². The van der Waals surface area contributed by atoms with E-state index in [2.05, 4.69) is 4.98 Å². The van der Waals surface area contributed by atoms with E-state index in [1.165, 1.54) is 0 Å². The van der Waals surface area contributed by atoms with E-state index >= 15 is 0 Å². The highest BCUT2D eigenvalue weighted by molar-refractivity contribution is 5.74. The van der Waals surface area contributed by atoms with Crippen LogP contribution in [0.25, 0.3) is 5.65 Å². The number of hydrogen-bond acceptors (Lipinski definition) is 2. The van der Waals surface area contributed by atoms with Gasteiger partial charge < -0.3 is 0 Å². The number of fused-ring (bicyclic) bond motifs is 1. The Hall–Kier alpha value is -1.64. The van der Waals surface area contributed by atoms with Crippen LogP contribution >= 0.6 is 0 Å². The summed E-state index contributed by atoms with van der Waals surface area (Å²) in [6.45, 7) is 1.97. The fourth-order valence-corrected chi connectivity index (χ4v) is 1.26. The van der Waals surface area contributed by atoms with Crippen LogP contribution in [-0.4, -0.2) is 15.7 Å². The molecule has 0 aliphatic heterocycles. The van der Waals surface area contributed by atoms with E-state index in [4.69, 9.17) is 0 Å². The van der Waals surface area contributed by atoms with Crippen molar-refractivity contribution in [2.24, 2.45) is 0 Å². The molecule has 0 atom stereocenters. The normalized spacial score (nSPS) is 10.4. The van der Waals surface area contributed by atoms with Crippen molar-refractivity contribution in [2.45, 2.75) is 6.92 Å². The van der Waals surface area contributed by atoms with Crippen LogP contribution in [0.3, 0.4) is 0 Å². The molecule has 2 aromatic rings. The van der Waals surface area contributed by atoms with Crippen molar-refractivity contribution in [3.05, 3.63) is 35.8 Å². The maximum atomic E-state index is 10.5. The van der Waals surface area contributed by atoms with E-state index in [1.54, 1.807) is 10.6 Å². The number of aromatic nitrogens is 2. The number of carbonyl (C=O) groups excluding carboxylic acids is 1. The summed E-state index contributed by atoms with van der Waals surface area (Å²) in [4.78, 5) is 14.7. The summed E-state index contributed by atoms with van der Waals surface area (Å²) in [5.74, 6) is 0. The highest BCUT2D eigenvalue weighted by Gasteiger charge is 2.01. The molecule has 3 heteroatoms. The molecule has 0 unspecified atom stereocenters. The Balaban J connectivity index is 2.88. The molecule has 3 nitrogen and oxygen atoms in total. The SMILES string of the molecule is Cc1cccn2c(C=O)cnc12. The second-order valence-corrected chi connectivity index (χ2v) is 2.69. The molecule has 0 fully saturated rings. The van der Waals surface area contributed by atoms with Crippen LogP contribution in [0.15, 0.2) is 24.5 Å². The van der Waals surface area contributed by atoms with Gasteiger partial charge in [-0.2, -0.15) is 0 Å². The summed E-state index contributed by atoms with van der Waals surface area (Å²) >= 11 is 0. The van der Waals surface area contributed by atoms with Gasteiger partial charge in [-0.05, 0) is 18.6 Å². The summed E-state index contributed by atoms with van der Waals surface area (Å²) in [5.41, 5.74) is 2.51. The summed E-state index contributed by atoms with van der Waals surface area (Å²) in [7, 11) is 0. The first-order valence-corrected chi connectivity index (χ1v) is 3.71. The molecule has 2 heterocycles. The van der Waals surface area contributed by atoms with Crippen molar-refractivity contribution in [3.63, 3.8) is 0 Å². The lowest BCUT2D eigenvalue weighted by molar-refractivity contribution is 0.111. The van der Waals surface area contributed by atoms with Crippen LogP contribution in [0.4, 0.5) is 0 Å². The van der Waals surface area contributed by atoms with Gasteiger partial charge in [-0.1, -0.05) is 6.07 Å². The molecule has 0 aliphatic carbocycles. The molecule has 2 aromatic heterocycles. The van der Waals surface area contributed by atoms with E-state index in [9.17, 15) is 4.79 Å². The van der Waals surface area contributed by atoms with Gasteiger partial charge >= 0.3 is 0 Å². The summed E-state index contributed by atoms with van der Waals surface area (Å²) in [6, 6.07) is 3.87. The molecule has 0 radical (unpaired) electrons. The molecule has 60 valence electrons. The quantitative estimate of drug-likeness (QED) is 0.592. The van der Waals surface area contributed by atoms with Crippen LogP contribution in [-0.2, 0) is 0 Å². The van der Waals surface area contributed by atoms with Gasteiger partial charge in [0.1, 0.15) is 11.3 Å². The Kier molecular flexibility index (Phi) is 1.43. The lowest BCUT2D eigenvalue weighted by atomic mass is 10.3. The Morgan fingerprint density at radius 1 is 1.58 bits per heavy atom. The van der Waals surface area contributed by atoms with Crippen molar-refractivity contribution in [3.8, 4) is 0 Å². The second-order valence-electron chi connectivity index (χ2n) is 2.69. The molecule has 0 aliphatic rings. The van der Waals surface area contributed by atoms with Crippen LogP contribution in [0, 0.1) is 6.92 Å². The van der Waals surface area contributed by atoms with Gasteiger partial charge in [-0.25, -0.2) is 4.98 Å². The first-order valence-electron chi connectivity index (χ1n) is 3.71. The Labute approximate surface area is 69.7 Å². The van der Waals surface area contributed by atoms with E-state index in [1.807, 2.05) is 25.3 Å². The maximum Gasteiger partial charge on any atom is 0.168 e. The Morgan fingerprint density at radius 2 is 2.42 bits per heavy atom. The van der Waals surface area contributed by atoms with Gasteiger partial charge in [0.05, 0.1) is 6.20 Å². The number of pyridine rings is 1. The number of carbonyl (C=O) groups is 1. The standard InChI is InChI=1S/C9H8N2O/c1-7-3-2-4-11-8(6-12)5-10-9(7)11/h2-6H,1H3. The fourth-order valence-electron chi connectivity index (χ4n) is 1.26. The number of nitrogens with zero attached hydrogens (tertiary/aromatic N) is 2. The third-order valence-electron chi connectivity index (χ3n) is 1.88. The van der Waals surface area contributed by atoms with Crippen LogP contribution in [0.2, 0.25) is 0 Å². The molecular weight excluding hydrogens is 152 g/mol. The molecule has 0 aromatic carbocycles. The lowest BCUT2D eigenvalue weighted by Crippen LogP contribution is -1.90. The number of imidazole rings is 1. The molecule has 0 spiro atoms. The number of aldehydes is 1. The summed E-state index contributed by atoms with van der Waals surface area (Å²) in [5, 5.41) is 0. The second kappa shape index (κ2) is 2.44. The zero-order valence-corrected chi connectivity index (χ0v) is 6.69. The van der Waals surface area contributed by atoms with Gasteiger partial charge in [0.25, 0.3) is 0 Å². The minimum atomic E-state index is 0.591. The zero-order chi connectivity index (χ0) is 8.55. The molecule has 12 heavy (non-hydrogen) atoms. The van der Waals surface area contributed by atoms with Crippen LogP contribution in [0.1, 0.15) is 16.1 Å². The third kappa shape index (κ3) is 0.830. The van der Waals surface area contributed by atoms with E-state index in [-0.39, 0.29) is 0 Å². The maximum absolute atomic E-state index is 10.5. The molecule has 0 amide bonds. The minimum Gasteiger partial charge on any atom is -0.297 e. The Morgan fingerprint density at radius 3 is 3.17 bits per heavy atom. The number of rotatable bonds is 1. The smallest absolute Gasteiger partial charge is 0.168 e. The lowest BCUT2D eigenvalue weighted by Gasteiger charge is -1.96. The molecule has 0 bridgehead atoms. The van der Waals surface area contributed by atoms with Crippen molar-refractivity contribution in [2.75, 3.05) is 0 Å². The Bertz CT molecular complexity index is 431. The van der Waals surface area contributed by atoms with E-state index in [0.29, 0.717) is 5.69 Å². The predicted molar refractivity (Wildman–Crippen MR) is 45.3 cm³/mol. The fraction of sp³-hybridized carbons (Fsp3) is 0.111. The number of hydrogen-bond donors (Lipinski definition) is 0. The van der Waals surface area contributed by atoms with Gasteiger partial charge in [-0.3, -0.25) is 9.20 Å². The first-order chi connectivity index (χ1) is 5.83. The molecule has 0 saturated carbocycles. The monoisotopic (exact) mass is 160 g/mol. The van der Waals surface area contributed by atoms with Gasteiger partial charge in [0.2, 0.25) is 0 Å². The average Bonchev–Trinajstić information content (AvgIpc) is 2.49. The summed E-state index contributed by atoms with van der Waals surface area (Å²) < 4.78 is 1.78. The van der Waals surface area contributed by atoms with E-state index in [0.717, 1.165) is 17.5 Å². The van der Waals surface area contributed by atoms with Gasteiger partial charge in [0, 0.05) is 6.20 Å². The highest BCUT2D eigenvalue weighted by Crippen LogP contribution is 2.08. The topological polar surface area (TPSA) is 34.4 Å². The van der Waals surface area contributed by atoms with Crippen molar-refractivity contribution >= 4 is 11.9 Å². The molecule has 0 N–H and O–H groups in total.